The van der Waals surface area contributed by atoms with Gasteiger partial charge in [0.2, 0.25) is 6.29 Å². The maximum atomic E-state index is 15.9. The first-order valence-electron chi connectivity index (χ1n) is 34.6. The molecule has 31 heteroatoms. The number of methoxy groups -OCH3 is 2. The molecule has 31 nitrogen and oxygen atoms in total. The third-order valence-electron chi connectivity index (χ3n) is 24.8. The Balaban J connectivity index is 0.853. The Kier molecular flexibility index (Phi) is 22.5. The van der Waals surface area contributed by atoms with Gasteiger partial charge in [-0.2, -0.15) is 0 Å². The summed E-state index contributed by atoms with van der Waals surface area (Å²) in [5, 5.41) is 167. The van der Waals surface area contributed by atoms with E-state index in [0.717, 1.165) is 11.6 Å². The monoisotopic (exact) mass is 1430 g/mol. The average Bonchev–Trinajstić information content (AvgIpc) is 0.666. The number of carboxylic acid groups (broad SMARTS) is 1. The summed E-state index contributed by atoms with van der Waals surface area (Å²) in [5.74, 6) is -3.85. The molecule has 15 N–H and O–H groups in total. The van der Waals surface area contributed by atoms with Crippen molar-refractivity contribution in [2.75, 3.05) is 40.6 Å². The van der Waals surface area contributed by atoms with Crippen molar-refractivity contribution in [1.29, 1.82) is 0 Å². The summed E-state index contributed by atoms with van der Waals surface area (Å²) in [6.07, 6.45) is -34.4. The number of carboxylic acids is 1. The minimum atomic E-state index is -2.06. The number of aliphatic hydroxyl groups is 14. The van der Waals surface area contributed by atoms with Gasteiger partial charge < -0.3 is 138 Å². The molecule has 100 heavy (non-hydrogen) atoms. The number of allylic oxidation sites excluding steroid dienone is 1. The number of hydrogen-bond donors (Lipinski definition) is 15. The van der Waals surface area contributed by atoms with Gasteiger partial charge >= 0.3 is 17.9 Å². The van der Waals surface area contributed by atoms with Gasteiger partial charge in [0.1, 0.15) is 91.6 Å². The molecule has 564 valence electrons. The number of carbonyl (C=O) groups excluding carboxylic acids is 2. The van der Waals surface area contributed by atoms with E-state index in [2.05, 4.69) is 26.8 Å². The zero-order valence-corrected chi connectivity index (χ0v) is 57.6. The lowest BCUT2D eigenvalue weighted by molar-refractivity contribution is -0.377. The fourth-order valence-corrected chi connectivity index (χ4v) is 19.0. The molecule has 1 aromatic carbocycles. The number of ether oxygens (including phenoxy) is 13. The van der Waals surface area contributed by atoms with Gasteiger partial charge in [0.15, 0.2) is 48.9 Å². The Morgan fingerprint density at radius 2 is 1.21 bits per heavy atom. The molecule has 4 saturated carbocycles. The number of hydrogen-bond acceptors (Lipinski definition) is 30. The van der Waals surface area contributed by atoms with Gasteiger partial charge in [0.25, 0.3) is 0 Å². The number of rotatable bonds is 18. The highest BCUT2D eigenvalue weighted by Crippen LogP contribution is 2.76. The van der Waals surface area contributed by atoms with Gasteiger partial charge in [-0.25, -0.2) is 4.79 Å². The largest absolute Gasteiger partial charge is 0.493 e. The number of carbonyl (C=O) groups is 3. The topological polar surface area (TPSA) is 475 Å². The molecule has 0 unspecified atom stereocenters. The average molecular weight is 1430 g/mol. The van der Waals surface area contributed by atoms with E-state index in [-0.39, 0.29) is 50.0 Å². The van der Waals surface area contributed by atoms with Crippen molar-refractivity contribution in [3.05, 3.63) is 41.5 Å². The number of fused-ring (bicyclic) bond motifs is 7. The summed E-state index contributed by atoms with van der Waals surface area (Å²) in [7, 11) is 2.91. The molecule has 33 atom stereocenters. The molecule has 5 aliphatic carbocycles. The third-order valence-corrected chi connectivity index (χ3v) is 24.8. The van der Waals surface area contributed by atoms with Crippen molar-refractivity contribution in [3.63, 3.8) is 0 Å². The molecular formula is C69H102O31. The zero-order valence-electron chi connectivity index (χ0n) is 57.6. The first kappa shape index (κ1) is 76.9. The Morgan fingerprint density at radius 1 is 0.590 bits per heavy atom. The molecule has 5 heterocycles. The van der Waals surface area contributed by atoms with Crippen molar-refractivity contribution in [1.82, 2.24) is 0 Å². The van der Waals surface area contributed by atoms with Gasteiger partial charge in [-0.15, -0.1) is 0 Å². The molecule has 0 bridgehead atoms. The van der Waals surface area contributed by atoms with Crippen molar-refractivity contribution < 1.29 is 153 Å². The molecule has 5 saturated heterocycles. The number of aliphatic carboxylic acids is 1. The standard InChI is InChI=1S/C69H102O31/c1-29-53(97-58-49(81)45(77)39(27-91-58)95-57-48(80)43(75)35(73)26-90-57)47(79)51(83)59(92-29)98-55-52(84)54(96-42(74)15-11-31-10-13-36(88-8)37(22-31)89-9)30(2)93-61(55)100-63(87)68-19-18-64(3,4)23-33(68)32-12-14-40-65(5)24-34(72)56(99-60-50(82)46(78)44(76)38(25-70)94-60)67(7,62(85)86)41(65)16-17-66(40,6)69(32,28-71)21-20-68/h10-13,15,22,29-30,33-35,38-41,43-61,70-73,75-84H,14,16-21,23-28H2,1-9H3,(H,85,86)/b15-11-/t29-,30+,33-,34-,35-,38+,39+,40+,41+,43-,44+,45-,46-,47-,48+,49+,50+,51+,52-,53-,54-,55+,56-,57-,58-,59-,60-,61-,65+,66+,67-,68-,69-/m0/s1. The van der Waals surface area contributed by atoms with Crippen LogP contribution in [0.5, 0.6) is 11.5 Å². The van der Waals surface area contributed by atoms with Crippen LogP contribution in [-0.2, 0) is 66.5 Å². The Hall–Kier alpha value is -4.21. The van der Waals surface area contributed by atoms with Crippen molar-refractivity contribution in [2.24, 2.45) is 50.2 Å². The van der Waals surface area contributed by atoms with Gasteiger partial charge in [0, 0.05) is 11.5 Å². The molecule has 0 amide bonds. The predicted octanol–water partition coefficient (Wildman–Crippen LogP) is -1.59. The van der Waals surface area contributed by atoms with Gasteiger partial charge in [0.05, 0.1) is 69.8 Å². The highest BCUT2D eigenvalue weighted by atomic mass is 16.8. The van der Waals surface area contributed by atoms with Crippen LogP contribution < -0.4 is 9.47 Å². The van der Waals surface area contributed by atoms with Crippen molar-refractivity contribution in [3.8, 4) is 11.5 Å². The first-order chi connectivity index (χ1) is 47.1. The normalized spacial score (nSPS) is 48.6. The first-order valence-corrected chi connectivity index (χ1v) is 34.6. The minimum Gasteiger partial charge on any atom is -0.493 e. The van der Waals surface area contributed by atoms with E-state index in [1.165, 1.54) is 41.1 Å². The van der Waals surface area contributed by atoms with E-state index in [1.807, 2.05) is 6.92 Å². The summed E-state index contributed by atoms with van der Waals surface area (Å²) in [6.45, 7) is 10.6. The Morgan fingerprint density at radius 3 is 1.89 bits per heavy atom. The zero-order chi connectivity index (χ0) is 72.8. The van der Waals surface area contributed by atoms with E-state index in [4.69, 9.17) is 61.6 Å². The van der Waals surface area contributed by atoms with Crippen LogP contribution in [0.25, 0.3) is 6.08 Å². The lowest BCUT2D eigenvalue weighted by Crippen LogP contribution is -2.71. The highest BCUT2D eigenvalue weighted by molar-refractivity contribution is 5.87. The maximum Gasteiger partial charge on any atom is 0.331 e. The minimum absolute atomic E-state index is 0.00857. The van der Waals surface area contributed by atoms with Crippen LogP contribution >= 0.6 is 0 Å². The summed E-state index contributed by atoms with van der Waals surface area (Å²) < 4.78 is 76.6. The van der Waals surface area contributed by atoms with E-state index < -0.39 is 230 Å². The van der Waals surface area contributed by atoms with Gasteiger partial charge in [-0.1, -0.05) is 45.4 Å². The molecule has 0 aromatic heterocycles. The van der Waals surface area contributed by atoms with Crippen LogP contribution in [0, 0.1) is 50.2 Å². The molecule has 0 spiro atoms. The molecule has 1 aromatic rings. The van der Waals surface area contributed by atoms with E-state index in [9.17, 15) is 86.2 Å². The molecule has 10 aliphatic rings. The second-order valence-electron chi connectivity index (χ2n) is 30.8. The van der Waals surface area contributed by atoms with Crippen LogP contribution in [0.4, 0.5) is 0 Å². The van der Waals surface area contributed by atoms with Crippen LogP contribution in [0.1, 0.15) is 112 Å². The summed E-state index contributed by atoms with van der Waals surface area (Å²) in [5.41, 5.74) is -4.97. The summed E-state index contributed by atoms with van der Waals surface area (Å²) in [6, 6.07) is 4.90. The Labute approximate surface area is 578 Å². The fraction of sp³-hybridized carbons (Fsp3) is 0.812. The second kappa shape index (κ2) is 29.3. The molecule has 5 aliphatic heterocycles. The van der Waals surface area contributed by atoms with Gasteiger partial charge in [-0.05, 0) is 136 Å². The second-order valence-corrected chi connectivity index (χ2v) is 30.8. The molecule has 11 rings (SSSR count). The van der Waals surface area contributed by atoms with Gasteiger partial charge in [-0.3, -0.25) is 9.59 Å². The number of aliphatic hydroxyl groups excluding tert-OH is 14. The molecular weight excluding hydrogens is 1320 g/mol. The molecule has 9 fully saturated rings. The molecule has 0 radical (unpaired) electrons. The van der Waals surface area contributed by atoms with Crippen LogP contribution in [-0.4, -0.2) is 289 Å². The van der Waals surface area contributed by atoms with E-state index in [1.54, 1.807) is 18.2 Å². The maximum absolute atomic E-state index is 15.9. The van der Waals surface area contributed by atoms with Crippen LogP contribution in [0.3, 0.4) is 0 Å². The lowest BCUT2D eigenvalue weighted by Gasteiger charge is -2.71. The lowest BCUT2D eigenvalue weighted by atomic mass is 9.33. The SMILES string of the molecule is COc1ccc(/C=C\C(=O)O[C@@H]2[C@H](O)[C@@H](O[C@@H]3O[C@@H](C)[C@H](O[C@@H]4OC[C@@H](O[C@@H]5OC[C@H](O)[C@H](O)[C@H]5O)[C@H](O)[C@H]4O)[C@@H](O)[C@H]3O)[C@H](OC(=O)[C@]34CCC(C)(C)C[C@H]3C3=CC[C@@H]5[C@@]6(C)C[C@H](O)[C@H](O[C@@H]7O[C@H](CO)[C@@H](O)[C@H](O)[C@H]7O)[C@@](C)(C(=O)O)[C@@H]6CC[C@@]5(C)[C@]3(CO)CC4)O[C@@H]2C)cc1OC. The quantitative estimate of drug-likeness (QED) is 0.0341. The highest BCUT2D eigenvalue weighted by Gasteiger charge is 2.74. The van der Waals surface area contributed by atoms with Crippen LogP contribution in [0.2, 0.25) is 0 Å². The number of benzene rings is 1. The van der Waals surface area contributed by atoms with E-state index in [0.29, 0.717) is 42.7 Å². The fourth-order valence-electron chi connectivity index (χ4n) is 19.0. The van der Waals surface area contributed by atoms with Crippen molar-refractivity contribution in [2.45, 2.75) is 260 Å². The van der Waals surface area contributed by atoms with E-state index >= 15 is 4.79 Å². The van der Waals surface area contributed by atoms with Crippen LogP contribution in [0.15, 0.2) is 35.9 Å². The number of esters is 2. The predicted molar refractivity (Wildman–Crippen MR) is 338 cm³/mol. The smallest absolute Gasteiger partial charge is 0.331 e. The van der Waals surface area contributed by atoms with Crippen molar-refractivity contribution >= 4 is 24.0 Å². The third kappa shape index (κ3) is 13.3. The Bertz CT molecular complexity index is 3130. The summed E-state index contributed by atoms with van der Waals surface area (Å²) in [4.78, 5) is 43.6. The summed E-state index contributed by atoms with van der Waals surface area (Å²) >= 11 is 0.